The number of aromatic nitrogens is 3. The van der Waals surface area contributed by atoms with Crippen LogP contribution in [0.3, 0.4) is 0 Å². The van der Waals surface area contributed by atoms with Crippen LogP contribution in [-0.4, -0.2) is 15.0 Å². The highest BCUT2D eigenvalue weighted by molar-refractivity contribution is 6.12. The molecule has 0 unspecified atom stereocenters. The van der Waals surface area contributed by atoms with Crippen LogP contribution in [0.25, 0.3) is 88.6 Å². The van der Waals surface area contributed by atoms with Crippen LogP contribution in [0.1, 0.15) is 0 Å². The molecule has 0 radical (unpaired) electrons. The summed E-state index contributed by atoms with van der Waals surface area (Å²) in [6.07, 6.45) is 1.87. The van der Waals surface area contributed by atoms with Crippen molar-refractivity contribution in [3.05, 3.63) is 176 Å². The SMILES string of the molecule is c1ccc(-c2ccc(-c3nc(-c4cccc(-c5cccc(-c6cc7cccnc7c7ccccc67)c5)c4)nc4ccccc34)cc2)cc1. The monoisotopic (exact) mass is 611 g/mol. The van der Waals surface area contributed by atoms with E-state index in [-0.39, 0.29) is 0 Å². The molecule has 0 aliphatic carbocycles. The van der Waals surface area contributed by atoms with E-state index in [0.717, 1.165) is 55.1 Å². The van der Waals surface area contributed by atoms with Crippen molar-refractivity contribution in [1.29, 1.82) is 0 Å². The van der Waals surface area contributed by atoms with Crippen LogP contribution < -0.4 is 0 Å². The quantitative estimate of drug-likeness (QED) is 0.182. The Bertz CT molecular complexity index is 2610. The van der Waals surface area contributed by atoms with Crippen molar-refractivity contribution < 1.29 is 0 Å². The molecule has 9 rings (SSSR count). The number of para-hydroxylation sites is 1. The second-order valence-electron chi connectivity index (χ2n) is 12.1. The zero-order valence-electron chi connectivity index (χ0n) is 26.1. The highest BCUT2D eigenvalue weighted by Crippen LogP contribution is 2.37. The molecule has 48 heavy (non-hydrogen) atoms. The Balaban J connectivity index is 1.12. The first kappa shape index (κ1) is 27.8. The van der Waals surface area contributed by atoms with Gasteiger partial charge in [0.1, 0.15) is 0 Å². The van der Waals surface area contributed by atoms with Gasteiger partial charge in [-0.25, -0.2) is 9.97 Å². The number of nitrogens with zero attached hydrogens (tertiary/aromatic N) is 3. The Labute approximate surface area is 278 Å². The molecular formula is C45H29N3. The van der Waals surface area contributed by atoms with Crippen molar-refractivity contribution in [2.24, 2.45) is 0 Å². The van der Waals surface area contributed by atoms with Gasteiger partial charge < -0.3 is 0 Å². The lowest BCUT2D eigenvalue weighted by Crippen LogP contribution is -1.95. The van der Waals surface area contributed by atoms with Gasteiger partial charge in [0.25, 0.3) is 0 Å². The second-order valence-corrected chi connectivity index (χ2v) is 12.1. The lowest BCUT2D eigenvalue weighted by molar-refractivity contribution is 1.23. The zero-order valence-corrected chi connectivity index (χ0v) is 26.1. The number of hydrogen-bond acceptors (Lipinski definition) is 3. The minimum atomic E-state index is 0.710. The van der Waals surface area contributed by atoms with E-state index in [1.165, 1.54) is 27.6 Å². The van der Waals surface area contributed by atoms with Crippen LogP contribution in [0.4, 0.5) is 0 Å². The molecule has 3 heteroatoms. The van der Waals surface area contributed by atoms with Crippen LogP contribution in [0.5, 0.6) is 0 Å². The number of pyridine rings is 1. The van der Waals surface area contributed by atoms with Gasteiger partial charge in [0.05, 0.1) is 16.7 Å². The van der Waals surface area contributed by atoms with E-state index >= 15 is 0 Å². The smallest absolute Gasteiger partial charge is 0.160 e. The highest BCUT2D eigenvalue weighted by atomic mass is 14.9. The minimum Gasteiger partial charge on any atom is -0.256 e. The molecule has 0 N–H and O–H groups in total. The molecule has 9 aromatic rings. The third-order valence-electron chi connectivity index (χ3n) is 9.11. The topological polar surface area (TPSA) is 38.7 Å². The average Bonchev–Trinajstić information content (AvgIpc) is 3.17. The predicted octanol–water partition coefficient (Wildman–Crippen LogP) is 11.7. The van der Waals surface area contributed by atoms with Gasteiger partial charge in [0.2, 0.25) is 0 Å². The molecule has 0 spiro atoms. The summed E-state index contributed by atoms with van der Waals surface area (Å²) in [5, 5.41) is 4.54. The zero-order chi connectivity index (χ0) is 31.9. The van der Waals surface area contributed by atoms with Crippen LogP contribution in [-0.2, 0) is 0 Å². The summed E-state index contributed by atoms with van der Waals surface area (Å²) in [5.74, 6) is 0.710. The Kier molecular flexibility index (Phi) is 6.80. The first-order valence-corrected chi connectivity index (χ1v) is 16.2. The Morgan fingerprint density at radius 1 is 0.354 bits per heavy atom. The van der Waals surface area contributed by atoms with Crippen molar-refractivity contribution in [1.82, 2.24) is 15.0 Å². The maximum absolute atomic E-state index is 5.19. The first-order valence-electron chi connectivity index (χ1n) is 16.2. The number of fused-ring (bicyclic) bond motifs is 4. The van der Waals surface area contributed by atoms with Gasteiger partial charge in [0.15, 0.2) is 5.82 Å². The molecule has 0 aliphatic heterocycles. The highest BCUT2D eigenvalue weighted by Gasteiger charge is 2.14. The summed E-state index contributed by atoms with van der Waals surface area (Å²) in [6, 6.07) is 59.7. The second kappa shape index (κ2) is 11.7. The fraction of sp³-hybridized carbons (Fsp3) is 0. The van der Waals surface area contributed by atoms with E-state index in [1.807, 2.05) is 24.4 Å². The minimum absolute atomic E-state index is 0.710. The van der Waals surface area contributed by atoms with E-state index in [0.29, 0.717) is 5.82 Å². The summed E-state index contributed by atoms with van der Waals surface area (Å²) < 4.78 is 0. The molecule has 0 fully saturated rings. The molecule has 0 atom stereocenters. The van der Waals surface area contributed by atoms with E-state index < -0.39 is 0 Å². The molecule has 2 aromatic heterocycles. The van der Waals surface area contributed by atoms with Crippen LogP contribution in [0, 0.1) is 0 Å². The predicted molar refractivity (Wildman–Crippen MR) is 200 cm³/mol. The molecule has 0 aliphatic rings. The van der Waals surface area contributed by atoms with Crippen LogP contribution >= 0.6 is 0 Å². The van der Waals surface area contributed by atoms with Crippen molar-refractivity contribution in [3.8, 4) is 56.0 Å². The standard InChI is InChI=1S/C45H29N3/c1-2-11-30(12-3-1)31-22-24-32(25-23-31)44-40-20-6-7-21-42(40)47-45(48-44)37-16-9-14-34(28-37)33-13-8-15-35(27-33)41-29-36-17-10-26-46-43(36)39-19-5-4-18-38(39)41/h1-29H. The normalized spacial score (nSPS) is 11.3. The van der Waals surface area contributed by atoms with Gasteiger partial charge >= 0.3 is 0 Å². The van der Waals surface area contributed by atoms with Crippen LogP contribution in [0.2, 0.25) is 0 Å². The number of rotatable bonds is 5. The van der Waals surface area contributed by atoms with E-state index in [1.54, 1.807) is 0 Å². The van der Waals surface area contributed by atoms with Gasteiger partial charge in [-0.05, 0) is 69.1 Å². The van der Waals surface area contributed by atoms with Crippen molar-refractivity contribution in [2.75, 3.05) is 0 Å². The molecule has 0 bridgehead atoms. The number of benzene rings is 7. The molecule has 2 heterocycles. The number of hydrogen-bond donors (Lipinski definition) is 0. The van der Waals surface area contributed by atoms with Crippen molar-refractivity contribution in [2.45, 2.75) is 0 Å². The third kappa shape index (κ3) is 4.99. The van der Waals surface area contributed by atoms with Crippen molar-refractivity contribution >= 4 is 32.6 Å². The molecule has 224 valence electrons. The molecular weight excluding hydrogens is 583 g/mol. The average molecular weight is 612 g/mol. The first-order chi connectivity index (χ1) is 23.8. The lowest BCUT2D eigenvalue weighted by Gasteiger charge is -2.13. The lowest BCUT2D eigenvalue weighted by atomic mass is 9.93. The maximum atomic E-state index is 5.19. The summed E-state index contributed by atoms with van der Waals surface area (Å²) in [6.45, 7) is 0. The molecule has 0 amide bonds. The maximum Gasteiger partial charge on any atom is 0.160 e. The van der Waals surface area contributed by atoms with E-state index in [4.69, 9.17) is 15.0 Å². The van der Waals surface area contributed by atoms with Gasteiger partial charge in [-0.1, -0.05) is 140 Å². The summed E-state index contributed by atoms with van der Waals surface area (Å²) in [7, 11) is 0. The van der Waals surface area contributed by atoms with E-state index in [9.17, 15) is 0 Å². The Morgan fingerprint density at radius 3 is 1.77 bits per heavy atom. The van der Waals surface area contributed by atoms with Crippen LogP contribution in [0.15, 0.2) is 176 Å². The van der Waals surface area contributed by atoms with Crippen molar-refractivity contribution in [3.63, 3.8) is 0 Å². The van der Waals surface area contributed by atoms with E-state index in [2.05, 4.69) is 152 Å². The molecule has 7 aromatic carbocycles. The molecule has 0 saturated heterocycles. The third-order valence-corrected chi connectivity index (χ3v) is 9.11. The Hall–Kier alpha value is -6.45. The van der Waals surface area contributed by atoms with Gasteiger partial charge in [-0.2, -0.15) is 0 Å². The summed E-state index contributed by atoms with van der Waals surface area (Å²) >= 11 is 0. The fourth-order valence-electron chi connectivity index (χ4n) is 6.74. The fourth-order valence-corrected chi connectivity index (χ4v) is 6.74. The van der Waals surface area contributed by atoms with Gasteiger partial charge in [0, 0.05) is 33.5 Å². The Morgan fingerprint density at radius 2 is 0.958 bits per heavy atom. The molecule has 0 saturated carbocycles. The van der Waals surface area contributed by atoms with Gasteiger partial charge in [-0.3, -0.25) is 4.98 Å². The summed E-state index contributed by atoms with van der Waals surface area (Å²) in [4.78, 5) is 14.9. The summed E-state index contributed by atoms with van der Waals surface area (Å²) in [5.41, 5.74) is 11.9. The molecule has 3 nitrogen and oxygen atoms in total. The largest absolute Gasteiger partial charge is 0.256 e. The van der Waals surface area contributed by atoms with Gasteiger partial charge in [-0.15, -0.1) is 0 Å².